The van der Waals surface area contributed by atoms with E-state index in [-0.39, 0.29) is 25.3 Å². The molecule has 1 saturated heterocycles. The molecule has 0 aliphatic carbocycles. The van der Waals surface area contributed by atoms with Crippen LogP contribution < -0.4 is 5.32 Å². The molecule has 0 radical (unpaired) electrons. The summed E-state index contributed by atoms with van der Waals surface area (Å²) in [5.41, 5.74) is 0.803. The number of esters is 2. The van der Waals surface area contributed by atoms with Crippen molar-refractivity contribution in [1.29, 1.82) is 0 Å². The SMILES string of the molecule is CCOC(=O)C(C)OC(=O)C1=C(CN2CCOCC2C(=O)O)NC(c2nccs2)=NC1c1ccc(F)cc1Br. The van der Waals surface area contributed by atoms with Crippen molar-refractivity contribution in [2.75, 3.05) is 32.9 Å². The number of nitrogens with zero attached hydrogens (tertiary/aromatic N) is 3. The molecule has 3 atom stereocenters. The number of hydrogen-bond acceptors (Lipinski definition) is 11. The highest BCUT2D eigenvalue weighted by Crippen LogP contribution is 2.37. The van der Waals surface area contributed by atoms with Crippen molar-refractivity contribution < 1.29 is 38.1 Å². The molecule has 1 fully saturated rings. The molecule has 2 aromatic rings. The zero-order valence-corrected chi connectivity index (χ0v) is 23.5. The van der Waals surface area contributed by atoms with Crippen LogP contribution in [0.1, 0.15) is 30.5 Å². The number of carboxylic acid groups (broad SMARTS) is 1. The van der Waals surface area contributed by atoms with Gasteiger partial charge in [-0.15, -0.1) is 11.3 Å². The number of aliphatic carboxylic acids is 1. The smallest absolute Gasteiger partial charge is 0.347 e. The summed E-state index contributed by atoms with van der Waals surface area (Å²) in [7, 11) is 0. The van der Waals surface area contributed by atoms with Crippen LogP contribution in [0.25, 0.3) is 0 Å². The number of benzene rings is 1. The van der Waals surface area contributed by atoms with Crippen molar-refractivity contribution in [3.05, 3.63) is 61.9 Å². The number of aliphatic imine (C=N–C) groups is 1. The summed E-state index contributed by atoms with van der Waals surface area (Å²) in [5.74, 6) is -2.80. The van der Waals surface area contributed by atoms with E-state index in [0.717, 1.165) is 0 Å². The maximum absolute atomic E-state index is 14.0. The Morgan fingerprint density at radius 2 is 2.18 bits per heavy atom. The number of ether oxygens (including phenoxy) is 3. The number of carbonyl (C=O) groups is 3. The lowest BCUT2D eigenvalue weighted by Crippen LogP contribution is -2.52. The van der Waals surface area contributed by atoms with Crippen LogP contribution in [0.15, 0.2) is 50.5 Å². The van der Waals surface area contributed by atoms with Crippen LogP contribution in [0.4, 0.5) is 4.39 Å². The predicted octanol–water partition coefficient (Wildman–Crippen LogP) is 2.67. The van der Waals surface area contributed by atoms with Crippen LogP contribution >= 0.6 is 27.3 Å². The molecule has 2 aliphatic heterocycles. The molecular formula is C25H26BrFN4O7S. The fraction of sp³-hybridized carbons (Fsp3) is 0.400. The van der Waals surface area contributed by atoms with Crippen LogP contribution in [0.2, 0.25) is 0 Å². The number of thiazole rings is 1. The van der Waals surface area contributed by atoms with E-state index in [4.69, 9.17) is 19.2 Å². The number of nitrogens with one attached hydrogen (secondary N) is 1. The lowest BCUT2D eigenvalue weighted by molar-refractivity contribution is -0.164. The van der Waals surface area contributed by atoms with Crippen LogP contribution in [0, 0.1) is 5.82 Å². The van der Waals surface area contributed by atoms with E-state index < -0.39 is 41.9 Å². The molecule has 1 aromatic heterocycles. The minimum atomic E-state index is -1.22. The second-order valence-corrected chi connectivity index (χ2v) is 10.3. The van der Waals surface area contributed by atoms with Gasteiger partial charge in [-0.3, -0.25) is 14.7 Å². The van der Waals surface area contributed by atoms with Crippen molar-refractivity contribution >= 4 is 51.0 Å². The van der Waals surface area contributed by atoms with Crippen LogP contribution in [-0.2, 0) is 28.6 Å². The number of carbonyl (C=O) groups excluding carboxylic acids is 2. The molecule has 1 aromatic carbocycles. The lowest BCUT2D eigenvalue weighted by Gasteiger charge is -2.35. The lowest BCUT2D eigenvalue weighted by atomic mass is 9.95. The molecule has 3 unspecified atom stereocenters. The van der Waals surface area contributed by atoms with E-state index in [0.29, 0.717) is 39.7 Å². The van der Waals surface area contributed by atoms with Gasteiger partial charge in [-0.05, 0) is 31.5 Å². The van der Waals surface area contributed by atoms with Gasteiger partial charge in [0.15, 0.2) is 16.9 Å². The van der Waals surface area contributed by atoms with E-state index in [1.54, 1.807) is 23.4 Å². The van der Waals surface area contributed by atoms with Gasteiger partial charge >= 0.3 is 17.9 Å². The van der Waals surface area contributed by atoms with Crippen LogP contribution in [-0.4, -0.2) is 83.8 Å². The number of halogens is 2. The van der Waals surface area contributed by atoms with Gasteiger partial charge in [-0.1, -0.05) is 22.0 Å². The molecule has 0 saturated carbocycles. The molecule has 2 N–H and O–H groups in total. The molecule has 4 rings (SSSR count). The molecule has 11 nitrogen and oxygen atoms in total. The van der Waals surface area contributed by atoms with Gasteiger partial charge in [-0.2, -0.15) is 0 Å². The molecule has 14 heteroatoms. The Bertz CT molecular complexity index is 1300. The molecule has 3 heterocycles. The number of amidine groups is 1. The highest BCUT2D eigenvalue weighted by Gasteiger charge is 2.38. The van der Waals surface area contributed by atoms with Crippen molar-refractivity contribution in [3.8, 4) is 0 Å². The molecule has 208 valence electrons. The normalized spacial score (nSPS) is 20.6. The van der Waals surface area contributed by atoms with Crippen molar-refractivity contribution in [2.45, 2.75) is 32.0 Å². The summed E-state index contributed by atoms with van der Waals surface area (Å²) in [5, 5.41) is 15.2. The average molecular weight is 625 g/mol. The monoisotopic (exact) mass is 624 g/mol. The summed E-state index contributed by atoms with van der Waals surface area (Å²) in [6.07, 6.45) is 0.381. The van der Waals surface area contributed by atoms with Gasteiger partial charge in [-0.25, -0.2) is 19.0 Å². The van der Waals surface area contributed by atoms with Crippen molar-refractivity contribution in [1.82, 2.24) is 15.2 Å². The van der Waals surface area contributed by atoms with E-state index >= 15 is 0 Å². The first kappa shape index (κ1) is 28.8. The molecule has 0 spiro atoms. The number of morpholine rings is 1. The van der Waals surface area contributed by atoms with Gasteiger partial charge in [0.1, 0.15) is 17.9 Å². The third kappa shape index (κ3) is 6.69. The predicted molar refractivity (Wildman–Crippen MR) is 142 cm³/mol. The quantitative estimate of drug-likeness (QED) is 0.400. The first-order valence-electron chi connectivity index (χ1n) is 12.0. The topological polar surface area (TPSA) is 140 Å². The van der Waals surface area contributed by atoms with E-state index in [1.165, 1.54) is 36.5 Å². The first-order valence-corrected chi connectivity index (χ1v) is 13.7. The Kier molecular flexibility index (Phi) is 9.43. The third-order valence-corrected chi connectivity index (χ3v) is 7.49. The van der Waals surface area contributed by atoms with Crippen LogP contribution in [0.3, 0.4) is 0 Å². The number of hydrogen-bond donors (Lipinski definition) is 2. The largest absolute Gasteiger partial charge is 0.480 e. The first-order chi connectivity index (χ1) is 18.7. The summed E-state index contributed by atoms with van der Waals surface area (Å²) in [6, 6.07) is 2.03. The number of aromatic nitrogens is 1. The summed E-state index contributed by atoms with van der Waals surface area (Å²) >= 11 is 4.69. The summed E-state index contributed by atoms with van der Waals surface area (Å²) in [6.45, 7) is 3.70. The second-order valence-electron chi connectivity index (χ2n) is 8.60. The Morgan fingerprint density at radius 3 is 2.85 bits per heavy atom. The van der Waals surface area contributed by atoms with E-state index in [9.17, 15) is 23.9 Å². The minimum absolute atomic E-state index is 0.00173. The minimum Gasteiger partial charge on any atom is -0.480 e. The fourth-order valence-corrected chi connectivity index (χ4v) is 5.30. The maximum Gasteiger partial charge on any atom is 0.347 e. The van der Waals surface area contributed by atoms with Gasteiger partial charge in [0, 0.05) is 34.8 Å². The third-order valence-electron chi connectivity index (χ3n) is 6.03. The Morgan fingerprint density at radius 1 is 1.38 bits per heavy atom. The fourth-order valence-electron chi connectivity index (χ4n) is 4.15. The van der Waals surface area contributed by atoms with Gasteiger partial charge in [0.05, 0.1) is 25.4 Å². The Hall–Kier alpha value is -3.20. The Balaban J connectivity index is 1.82. The zero-order chi connectivity index (χ0) is 28.1. The van der Waals surface area contributed by atoms with Crippen molar-refractivity contribution in [3.63, 3.8) is 0 Å². The summed E-state index contributed by atoms with van der Waals surface area (Å²) in [4.78, 5) is 48.6. The highest BCUT2D eigenvalue weighted by molar-refractivity contribution is 9.10. The van der Waals surface area contributed by atoms with Gasteiger partial charge in [0.2, 0.25) is 0 Å². The standard InChI is InChI=1S/C25H26BrFN4O7S/c1-3-37-24(34)13(2)38-25(35)19-17(11-31-7-8-36-12-18(31)23(32)33)29-21(22-28-6-9-39-22)30-20(19)15-5-4-14(27)10-16(15)26/h4-6,9-10,13,18,20H,3,7-8,11-12H2,1-2H3,(H,29,30)(H,32,33). The molecule has 0 amide bonds. The number of rotatable bonds is 9. The molecule has 0 bridgehead atoms. The van der Waals surface area contributed by atoms with E-state index in [2.05, 4.69) is 26.2 Å². The average Bonchev–Trinajstić information content (AvgIpc) is 3.44. The number of carboxylic acids is 1. The zero-order valence-electron chi connectivity index (χ0n) is 21.1. The Labute approximate surface area is 235 Å². The summed E-state index contributed by atoms with van der Waals surface area (Å²) < 4.78 is 30.2. The molecular weight excluding hydrogens is 599 g/mol. The van der Waals surface area contributed by atoms with Gasteiger partial charge in [0.25, 0.3) is 0 Å². The van der Waals surface area contributed by atoms with Crippen molar-refractivity contribution in [2.24, 2.45) is 4.99 Å². The highest BCUT2D eigenvalue weighted by atomic mass is 79.9. The molecule has 39 heavy (non-hydrogen) atoms. The maximum atomic E-state index is 14.0. The van der Waals surface area contributed by atoms with Crippen LogP contribution in [0.5, 0.6) is 0 Å². The molecule has 2 aliphatic rings. The van der Waals surface area contributed by atoms with Gasteiger partial charge < -0.3 is 24.6 Å². The van der Waals surface area contributed by atoms with E-state index in [1.807, 2.05) is 0 Å². The second kappa shape index (κ2) is 12.8.